The van der Waals surface area contributed by atoms with E-state index in [0.717, 1.165) is 29.5 Å². The zero-order chi connectivity index (χ0) is 19.9. The van der Waals surface area contributed by atoms with Gasteiger partial charge < -0.3 is 5.41 Å². The van der Waals surface area contributed by atoms with Crippen molar-refractivity contribution in [1.82, 2.24) is 0 Å². The molecule has 28 heavy (non-hydrogen) atoms. The second-order valence-corrected chi connectivity index (χ2v) is 7.32. The van der Waals surface area contributed by atoms with Crippen molar-refractivity contribution in [2.45, 2.75) is 39.0 Å². The van der Waals surface area contributed by atoms with Crippen molar-refractivity contribution in [1.29, 1.82) is 10.7 Å². The summed E-state index contributed by atoms with van der Waals surface area (Å²) in [6.07, 6.45) is 2.71. The maximum Gasteiger partial charge on any atom is 0.0998 e. The van der Waals surface area contributed by atoms with E-state index in [-0.39, 0.29) is 0 Å². The van der Waals surface area contributed by atoms with E-state index in [1.54, 1.807) is 0 Å². The van der Waals surface area contributed by atoms with Gasteiger partial charge in [-0.1, -0.05) is 74.9 Å². The SMILES string of the molecule is CCCc1cc(C(=N)CC(C)c2ccccc2)cc(-c2ccccc2C#N)c1. The standard InChI is InChI=1S/C26H26N2/c1-3-9-20-15-23(25-13-8-7-12-22(25)18-27)17-24(16-20)26(28)14-19(2)21-10-5-4-6-11-21/h4-8,10-13,15-17,19,28H,3,9,14H2,1-2H3. The zero-order valence-corrected chi connectivity index (χ0v) is 16.6. The third-order valence-electron chi connectivity index (χ3n) is 5.12. The third-order valence-corrected chi connectivity index (χ3v) is 5.12. The molecule has 0 heterocycles. The van der Waals surface area contributed by atoms with E-state index < -0.39 is 0 Å². The number of rotatable bonds is 7. The van der Waals surface area contributed by atoms with Crippen LogP contribution < -0.4 is 0 Å². The molecule has 1 N–H and O–H groups in total. The summed E-state index contributed by atoms with van der Waals surface area (Å²) in [5.74, 6) is 0.290. The number of nitrogens with one attached hydrogen (secondary N) is 1. The monoisotopic (exact) mass is 366 g/mol. The molecule has 1 unspecified atom stereocenters. The Morgan fingerprint density at radius 2 is 1.71 bits per heavy atom. The van der Waals surface area contributed by atoms with Gasteiger partial charge in [-0.2, -0.15) is 5.26 Å². The minimum absolute atomic E-state index is 0.290. The molecule has 0 radical (unpaired) electrons. The topological polar surface area (TPSA) is 47.6 Å². The Morgan fingerprint density at radius 3 is 2.43 bits per heavy atom. The maximum absolute atomic E-state index is 9.48. The quantitative estimate of drug-likeness (QED) is 0.462. The van der Waals surface area contributed by atoms with Gasteiger partial charge in [0.2, 0.25) is 0 Å². The molecule has 1 atom stereocenters. The first-order valence-corrected chi connectivity index (χ1v) is 9.88. The van der Waals surface area contributed by atoms with Crippen LogP contribution in [0, 0.1) is 16.7 Å². The second-order valence-electron chi connectivity index (χ2n) is 7.32. The van der Waals surface area contributed by atoms with E-state index in [1.807, 2.05) is 42.5 Å². The molecule has 0 aliphatic heterocycles. The Labute approximate surface area is 168 Å². The van der Waals surface area contributed by atoms with E-state index in [4.69, 9.17) is 5.41 Å². The summed E-state index contributed by atoms with van der Waals surface area (Å²) < 4.78 is 0. The first-order valence-electron chi connectivity index (χ1n) is 9.88. The summed E-state index contributed by atoms with van der Waals surface area (Å²) in [7, 11) is 0. The lowest BCUT2D eigenvalue weighted by Gasteiger charge is -2.15. The highest BCUT2D eigenvalue weighted by atomic mass is 14.4. The average molecular weight is 367 g/mol. The largest absolute Gasteiger partial charge is 0.305 e. The van der Waals surface area contributed by atoms with Crippen LogP contribution in [0.4, 0.5) is 0 Å². The highest BCUT2D eigenvalue weighted by Gasteiger charge is 2.13. The van der Waals surface area contributed by atoms with Gasteiger partial charge in [-0.05, 0) is 64.8 Å². The minimum atomic E-state index is 0.290. The lowest BCUT2D eigenvalue weighted by Crippen LogP contribution is -2.06. The van der Waals surface area contributed by atoms with Crippen LogP contribution in [-0.4, -0.2) is 5.71 Å². The molecule has 140 valence electrons. The molecular formula is C26H26N2. The van der Waals surface area contributed by atoms with Gasteiger partial charge in [0.25, 0.3) is 0 Å². The predicted octanol–water partition coefficient (Wildman–Crippen LogP) is 6.74. The molecule has 3 aromatic rings. The summed E-state index contributed by atoms with van der Waals surface area (Å²) >= 11 is 0. The smallest absolute Gasteiger partial charge is 0.0998 e. The Hall–Kier alpha value is -3.18. The molecular weight excluding hydrogens is 340 g/mol. The number of nitriles is 1. The number of benzene rings is 3. The van der Waals surface area contributed by atoms with Crippen molar-refractivity contribution >= 4 is 5.71 Å². The molecule has 0 saturated heterocycles. The normalized spacial score (nSPS) is 11.6. The van der Waals surface area contributed by atoms with Crippen LogP contribution in [-0.2, 0) is 6.42 Å². The first kappa shape index (κ1) is 19.6. The van der Waals surface area contributed by atoms with E-state index in [1.165, 1.54) is 11.1 Å². The fourth-order valence-electron chi connectivity index (χ4n) is 3.61. The van der Waals surface area contributed by atoms with Gasteiger partial charge in [0, 0.05) is 5.71 Å². The molecule has 0 saturated carbocycles. The maximum atomic E-state index is 9.48. The Balaban J connectivity index is 1.95. The summed E-state index contributed by atoms with van der Waals surface area (Å²) in [5.41, 5.74) is 6.71. The zero-order valence-electron chi connectivity index (χ0n) is 16.6. The van der Waals surface area contributed by atoms with Crippen LogP contribution >= 0.6 is 0 Å². The number of nitrogens with zero attached hydrogens (tertiary/aromatic N) is 1. The van der Waals surface area contributed by atoms with Crippen molar-refractivity contribution in [3.8, 4) is 17.2 Å². The van der Waals surface area contributed by atoms with Gasteiger partial charge in [0.05, 0.1) is 11.6 Å². The Morgan fingerprint density at radius 1 is 1.00 bits per heavy atom. The highest BCUT2D eigenvalue weighted by molar-refractivity contribution is 6.00. The van der Waals surface area contributed by atoms with Gasteiger partial charge in [0.1, 0.15) is 0 Å². The van der Waals surface area contributed by atoms with Crippen molar-refractivity contribution < 1.29 is 0 Å². The van der Waals surface area contributed by atoms with E-state index in [2.05, 4.69) is 50.2 Å². The number of hydrogen-bond donors (Lipinski definition) is 1. The lowest BCUT2D eigenvalue weighted by molar-refractivity contribution is 0.802. The lowest BCUT2D eigenvalue weighted by atomic mass is 9.89. The van der Waals surface area contributed by atoms with Crippen LogP contribution in [0.1, 0.15) is 54.9 Å². The van der Waals surface area contributed by atoms with Gasteiger partial charge in [-0.15, -0.1) is 0 Å². The summed E-state index contributed by atoms with van der Waals surface area (Å²) in [5, 5.41) is 18.2. The molecule has 0 fully saturated rings. The van der Waals surface area contributed by atoms with Crippen LogP contribution in [0.15, 0.2) is 72.8 Å². The van der Waals surface area contributed by atoms with Gasteiger partial charge in [0.15, 0.2) is 0 Å². The average Bonchev–Trinajstić information content (AvgIpc) is 2.74. The molecule has 3 rings (SSSR count). The predicted molar refractivity (Wildman–Crippen MR) is 117 cm³/mol. The summed E-state index contributed by atoms with van der Waals surface area (Å²) in [6.45, 7) is 4.34. The van der Waals surface area contributed by atoms with Gasteiger partial charge >= 0.3 is 0 Å². The fourth-order valence-corrected chi connectivity index (χ4v) is 3.61. The molecule has 0 aliphatic rings. The van der Waals surface area contributed by atoms with Crippen molar-refractivity contribution in [2.75, 3.05) is 0 Å². The fraction of sp³-hybridized carbons (Fsp3) is 0.231. The van der Waals surface area contributed by atoms with Crippen LogP contribution in [0.3, 0.4) is 0 Å². The van der Waals surface area contributed by atoms with Gasteiger partial charge in [-0.3, -0.25) is 0 Å². The van der Waals surface area contributed by atoms with Crippen LogP contribution in [0.25, 0.3) is 11.1 Å². The molecule has 0 aromatic heterocycles. The molecule has 0 amide bonds. The minimum Gasteiger partial charge on any atom is -0.305 e. The molecule has 0 bridgehead atoms. The number of aryl methyl sites for hydroxylation is 1. The summed E-state index contributed by atoms with van der Waals surface area (Å²) in [6, 6.07) is 26.7. The molecule has 2 nitrogen and oxygen atoms in total. The Kier molecular flexibility index (Phi) is 6.40. The van der Waals surface area contributed by atoms with E-state index >= 15 is 0 Å². The molecule has 2 heteroatoms. The molecule has 0 aliphatic carbocycles. The van der Waals surface area contributed by atoms with Gasteiger partial charge in [-0.25, -0.2) is 0 Å². The van der Waals surface area contributed by atoms with E-state index in [9.17, 15) is 5.26 Å². The van der Waals surface area contributed by atoms with E-state index in [0.29, 0.717) is 23.6 Å². The Bertz CT molecular complexity index is 996. The van der Waals surface area contributed by atoms with Crippen molar-refractivity contribution in [2.24, 2.45) is 0 Å². The number of hydrogen-bond acceptors (Lipinski definition) is 2. The summed E-state index contributed by atoms with van der Waals surface area (Å²) in [4.78, 5) is 0. The second kappa shape index (κ2) is 9.15. The van der Waals surface area contributed by atoms with Crippen molar-refractivity contribution in [3.05, 3.63) is 95.1 Å². The molecule has 3 aromatic carbocycles. The first-order chi connectivity index (χ1) is 13.6. The highest BCUT2D eigenvalue weighted by Crippen LogP contribution is 2.28. The van der Waals surface area contributed by atoms with Crippen molar-refractivity contribution in [3.63, 3.8) is 0 Å². The molecule has 0 spiro atoms. The van der Waals surface area contributed by atoms with Crippen LogP contribution in [0.2, 0.25) is 0 Å². The third kappa shape index (κ3) is 4.56. The van der Waals surface area contributed by atoms with Crippen LogP contribution in [0.5, 0.6) is 0 Å².